The molecule has 0 aliphatic rings. The van der Waals surface area contributed by atoms with Gasteiger partial charge in [0.2, 0.25) is 0 Å². The lowest BCUT2D eigenvalue weighted by Crippen LogP contribution is -2.24. The highest BCUT2D eigenvalue weighted by molar-refractivity contribution is 6.74. The van der Waals surface area contributed by atoms with Gasteiger partial charge in [-0.15, -0.1) is 0 Å². The summed E-state index contributed by atoms with van der Waals surface area (Å²) in [6, 6.07) is 0. The maximum atomic E-state index is 4.68. The minimum atomic E-state index is -1.50. The molecular weight excluding hydrogens is 206 g/mol. The molecule has 0 radical (unpaired) electrons. The number of hydrogen-bond donors (Lipinski definition) is 1. The summed E-state index contributed by atoms with van der Waals surface area (Å²) in [5, 5.41) is 0. The van der Waals surface area contributed by atoms with Crippen molar-refractivity contribution in [1.29, 1.82) is 0 Å². The lowest BCUT2D eigenvalue weighted by atomic mass is 10.5. The van der Waals surface area contributed by atoms with E-state index in [1.165, 1.54) is 0 Å². The summed E-state index contributed by atoms with van der Waals surface area (Å²) in [5.41, 5.74) is 2.59. The minimum Gasteiger partial charge on any atom is -0.340 e. The van der Waals surface area contributed by atoms with Crippen LogP contribution in [0.15, 0.2) is 17.3 Å². The number of aryl methyl sites for hydroxylation is 1. The SMILES string of the molecule is Cn1cnc(=N[Si](C)(C)C)c2[nH]cnc21. The van der Waals surface area contributed by atoms with Crippen molar-refractivity contribution in [2.24, 2.45) is 11.7 Å². The number of fused-ring (bicyclic) bond motifs is 1. The zero-order chi connectivity index (χ0) is 11.1. The molecule has 6 heteroatoms. The smallest absolute Gasteiger partial charge is 0.175 e. The number of rotatable bonds is 1. The van der Waals surface area contributed by atoms with Crippen LogP contribution in [0.2, 0.25) is 19.6 Å². The van der Waals surface area contributed by atoms with Gasteiger partial charge < -0.3 is 14.2 Å². The first kappa shape index (κ1) is 10.1. The van der Waals surface area contributed by atoms with E-state index >= 15 is 0 Å². The first-order valence-corrected chi connectivity index (χ1v) is 8.33. The Morgan fingerprint density at radius 1 is 1.33 bits per heavy atom. The normalized spacial score (nSPS) is 13.7. The minimum absolute atomic E-state index is 0.778. The van der Waals surface area contributed by atoms with Crippen LogP contribution in [0.5, 0.6) is 0 Å². The van der Waals surface area contributed by atoms with Gasteiger partial charge in [0.1, 0.15) is 5.52 Å². The van der Waals surface area contributed by atoms with E-state index in [0.717, 1.165) is 16.7 Å². The molecule has 2 rings (SSSR count). The maximum Gasteiger partial charge on any atom is 0.175 e. The molecule has 5 nitrogen and oxygen atoms in total. The number of H-pyrrole nitrogens is 1. The van der Waals surface area contributed by atoms with Crippen LogP contribution in [0, 0.1) is 0 Å². The van der Waals surface area contributed by atoms with Crippen LogP contribution in [-0.4, -0.2) is 27.8 Å². The molecule has 0 saturated carbocycles. The fourth-order valence-electron chi connectivity index (χ4n) is 1.38. The van der Waals surface area contributed by atoms with Gasteiger partial charge in [-0.2, -0.15) is 0 Å². The molecular formula is C9H15N5Si. The van der Waals surface area contributed by atoms with E-state index in [-0.39, 0.29) is 0 Å². The topological polar surface area (TPSA) is 58.9 Å². The highest BCUT2D eigenvalue weighted by atomic mass is 28.3. The van der Waals surface area contributed by atoms with E-state index in [1.54, 1.807) is 12.7 Å². The van der Waals surface area contributed by atoms with E-state index in [4.69, 9.17) is 0 Å². The summed E-state index contributed by atoms with van der Waals surface area (Å²) in [6.07, 6.45) is 3.43. The van der Waals surface area contributed by atoms with Crippen molar-refractivity contribution in [3.05, 3.63) is 18.1 Å². The second-order valence-corrected chi connectivity index (χ2v) is 9.13. The Labute approximate surface area is 89.0 Å². The average molecular weight is 221 g/mol. The molecule has 0 spiro atoms. The van der Waals surface area contributed by atoms with Crippen molar-refractivity contribution in [3.63, 3.8) is 0 Å². The molecule has 0 unspecified atom stereocenters. The lowest BCUT2D eigenvalue weighted by Gasteiger charge is -2.07. The van der Waals surface area contributed by atoms with Gasteiger partial charge in [0.25, 0.3) is 0 Å². The molecule has 2 aromatic heterocycles. The average Bonchev–Trinajstić information content (AvgIpc) is 2.57. The van der Waals surface area contributed by atoms with Crippen molar-refractivity contribution < 1.29 is 0 Å². The zero-order valence-electron chi connectivity index (χ0n) is 9.44. The standard InChI is InChI=1S/C9H15N5Si/c1-14-6-12-8(13-15(2,3)4)7-9(14)11-5-10-7/h5-6H,1-4H3,(H,10,11). The van der Waals surface area contributed by atoms with Gasteiger partial charge >= 0.3 is 0 Å². The number of hydrogen-bond acceptors (Lipinski definition) is 3. The summed E-state index contributed by atoms with van der Waals surface area (Å²) in [6.45, 7) is 6.55. The Morgan fingerprint density at radius 3 is 2.73 bits per heavy atom. The van der Waals surface area contributed by atoms with Crippen molar-refractivity contribution >= 4 is 19.4 Å². The third-order valence-corrected chi connectivity index (χ3v) is 2.85. The van der Waals surface area contributed by atoms with Crippen molar-refractivity contribution in [2.75, 3.05) is 0 Å². The highest BCUT2D eigenvalue weighted by Gasteiger charge is 2.12. The third kappa shape index (κ3) is 1.99. The first-order valence-electron chi connectivity index (χ1n) is 4.88. The summed E-state index contributed by atoms with van der Waals surface area (Å²) < 4.78 is 6.56. The predicted octanol–water partition coefficient (Wildman–Crippen LogP) is 1.03. The van der Waals surface area contributed by atoms with E-state index in [9.17, 15) is 0 Å². The largest absolute Gasteiger partial charge is 0.340 e. The van der Waals surface area contributed by atoms with Gasteiger partial charge in [-0.05, 0) is 19.6 Å². The molecule has 0 aliphatic heterocycles. The molecule has 0 saturated heterocycles. The van der Waals surface area contributed by atoms with Gasteiger partial charge in [-0.25, -0.2) is 9.97 Å². The molecule has 2 aromatic rings. The zero-order valence-corrected chi connectivity index (χ0v) is 10.4. The van der Waals surface area contributed by atoms with Crippen molar-refractivity contribution in [1.82, 2.24) is 19.5 Å². The Hall–Kier alpha value is -1.43. The molecule has 80 valence electrons. The monoisotopic (exact) mass is 221 g/mol. The van der Waals surface area contributed by atoms with E-state index < -0.39 is 8.24 Å². The maximum absolute atomic E-state index is 4.68. The Balaban J connectivity index is 2.78. The van der Waals surface area contributed by atoms with E-state index in [0.29, 0.717) is 0 Å². The van der Waals surface area contributed by atoms with Crippen LogP contribution in [-0.2, 0) is 7.05 Å². The molecule has 0 atom stereocenters. The predicted molar refractivity (Wildman–Crippen MR) is 61.8 cm³/mol. The number of nitrogens with one attached hydrogen (secondary N) is 1. The van der Waals surface area contributed by atoms with Gasteiger partial charge in [0, 0.05) is 7.05 Å². The van der Waals surface area contributed by atoms with Crippen LogP contribution in [0.1, 0.15) is 0 Å². The molecule has 0 bridgehead atoms. The Morgan fingerprint density at radius 2 is 2.07 bits per heavy atom. The second kappa shape index (κ2) is 3.30. The number of imidazole rings is 1. The molecule has 0 fully saturated rings. The lowest BCUT2D eigenvalue weighted by molar-refractivity contribution is 0.882. The van der Waals surface area contributed by atoms with Crippen molar-refractivity contribution in [3.8, 4) is 0 Å². The highest BCUT2D eigenvalue weighted by Crippen LogP contribution is 2.03. The van der Waals surface area contributed by atoms with Crippen LogP contribution in [0.3, 0.4) is 0 Å². The quantitative estimate of drug-likeness (QED) is 0.731. The first-order chi connectivity index (χ1) is 6.97. The van der Waals surface area contributed by atoms with Gasteiger partial charge in [0.15, 0.2) is 19.4 Å². The Bertz CT molecular complexity index is 545. The second-order valence-electron chi connectivity index (χ2n) is 4.56. The summed E-state index contributed by atoms with van der Waals surface area (Å²) >= 11 is 0. The third-order valence-electron chi connectivity index (χ3n) is 1.97. The van der Waals surface area contributed by atoms with Gasteiger partial charge in [0.05, 0.1) is 12.7 Å². The number of nitrogens with zero attached hydrogens (tertiary/aromatic N) is 4. The van der Waals surface area contributed by atoms with Crippen LogP contribution in [0.4, 0.5) is 0 Å². The van der Waals surface area contributed by atoms with Crippen molar-refractivity contribution in [2.45, 2.75) is 19.6 Å². The van der Waals surface area contributed by atoms with Gasteiger partial charge in [-0.1, -0.05) is 0 Å². The molecule has 0 aromatic carbocycles. The Kier molecular flexibility index (Phi) is 2.22. The summed E-state index contributed by atoms with van der Waals surface area (Å²) in [7, 11) is 0.425. The molecule has 0 aliphatic carbocycles. The van der Waals surface area contributed by atoms with Crippen LogP contribution < -0.4 is 5.49 Å². The summed E-state index contributed by atoms with van der Waals surface area (Å²) in [4.78, 5) is 11.6. The molecule has 2 heterocycles. The van der Waals surface area contributed by atoms with E-state index in [1.807, 2.05) is 11.6 Å². The fraction of sp³-hybridized carbons (Fsp3) is 0.444. The number of aromatic amines is 1. The van der Waals surface area contributed by atoms with Crippen LogP contribution >= 0.6 is 0 Å². The van der Waals surface area contributed by atoms with Gasteiger partial charge in [-0.3, -0.25) is 0 Å². The molecule has 0 amide bonds. The number of aromatic nitrogens is 4. The molecule has 15 heavy (non-hydrogen) atoms. The van der Waals surface area contributed by atoms with Crippen LogP contribution in [0.25, 0.3) is 11.2 Å². The molecule has 1 N–H and O–H groups in total. The van der Waals surface area contributed by atoms with E-state index in [2.05, 4.69) is 39.3 Å². The fourth-order valence-corrected chi connectivity index (χ4v) is 2.19. The summed E-state index contributed by atoms with van der Waals surface area (Å²) in [5.74, 6) is 0.